The Labute approximate surface area is 111 Å². The van der Waals surface area contributed by atoms with Gasteiger partial charge in [0.1, 0.15) is 5.75 Å². The number of carbonyl (C=O) groups excluding carboxylic acids is 1. The Kier molecular flexibility index (Phi) is 3.68. The van der Waals surface area contributed by atoms with Crippen LogP contribution in [0.25, 0.3) is 11.1 Å². The summed E-state index contributed by atoms with van der Waals surface area (Å²) in [6.45, 7) is 1.98. The van der Waals surface area contributed by atoms with Crippen LogP contribution in [0.3, 0.4) is 0 Å². The molecule has 0 aliphatic carbocycles. The maximum atomic E-state index is 11.1. The first-order valence-electron chi connectivity index (χ1n) is 5.55. The number of aryl methyl sites for hydroxylation is 1. The number of ether oxygens (including phenoxy) is 1. The molecule has 0 bridgehead atoms. The van der Waals surface area contributed by atoms with Gasteiger partial charge in [0, 0.05) is 10.6 Å². The lowest BCUT2D eigenvalue weighted by Crippen LogP contribution is -1.91. The van der Waals surface area contributed by atoms with E-state index in [4.69, 9.17) is 16.3 Å². The van der Waals surface area contributed by atoms with E-state index in [-0.39, 0.29) is 0 Å². The second kappa shape index (κ2) is 5.23. The topological polar surface area (TPSA) is 26.3 Å². The number of hydrogen-bond acceptors (Lipinski definition) is 2. The van der Waals surface area contributed by atoms with Gasteiger partial charge < -0.3 is 4.74 Å². The molecule has 2 nitrogen and oxygen atoms in total. The fourth-order valence-corrected chi connectivity index (χ4v) is 2.10. The molecule has 92 valence electrons. The molecule has 0 aliphatic heterocycles. The molecule has 3 heteroatoms. The molecule has 0 saturated heterocycles. The van der Waals surface area contributed by atoms with Gasteiger partial charge in [-0.3, -0.25) is 4.79 Å². The third-order valence-electron chi connectivity index (χ3n) is 2.87. The minimum Gasteiger partial charge on any atom is -0.497 e. The van der Waals surface area contributed by atoms with Crippen LogP contribution in [0.5, 0.6) is 5.75 Å². The largest absolute Gasteiger partial charge is 0.497 e. The summed E-state index contributed by atoms with van der Waals surface area (Å²) < 4.78 is 5.17. The van der Waals surface area contributed by atoms with Gasteiger partial charge in [-0.25, -0.2) is 0 Å². The first-order chi connectivity index (χ1) is 8.65. The fourth-order valence-electron chi connectivity index (χ4n) is 1.93. The van der Waals surface area contributed by atoms with Crippen molar-refractivity contribution in [3.05, 3.63) is 52.5 Å². The van der Waals surface area contributed by atoms with E-state index in [1.165, 1.54) is 0 Å². The second-order valence-electron chi connectivity index (χ2n) is 4.03. The molecule has 0 unspecified atom stereocenters. The van der Waals surface area contributed by atoms with Gasteiger partial charge in [0.05, 0.1) is 7.11 Å². The van der Waals surface area contributed by atoms with Crippen molar-refractivity contribution in [2.45, 2.75) is 6.92 Å². The van der Waals surface area contributed by atoms with E-state index >= 15 is 0 Å². The van der Waals surface area contributed by atoms with Gasteiger partial charge in [0.25, 0.3) is 0 Å². The van der Waals surface area contributed by atoms with E-state index in [1.54, 1.807) is 25.3 Å². The average molecular weight is 261 g/mol. The van der Waals surface area contributed by atoms with Gasteiger partial charge in [-0.05, 0) is 53.9 Å². The summed E-state index contributed by atoms with van der Waals surface area (Å²) in [6.07, 6.45) is 0.843. The Hall–Kier alpha value is -1.80. The number of hydrogen-bond donors (Lipinski definition) is 0. The molecule has 2 aromatic carbocycles. The number of halogens is 1. The van der Waals surface area contributed by atoms with Crippen molar-refractivity contribution < 1.29 is 9.53 Å². The zero-order valence-electron chi connectivity index (χ0n) is 10.2. The average Bonchev–Trinajstić information content (AvgIpc) is 2.38. The smallest absolute Gasteiger partial charge is 0.150 e. The monoisotopic (exact) mass is 260 g/mol. The lowest BCUT2D eigenvalue weighted by molar-refractivity contribution is 0.112. The zero-order chi connectivity index (χ0) is 13.1. The normalized spacial score (nSPS) is 10.2. The van der Waals surface area contributed by atoms with Gasteiger partial charge in [-0.1, -0.05) is 17.7 Å². The Bertz CT molecular complexity index is 591. The van der Waals surface area contributed by atoms with Gasteiger partial charge in [0.2, 0.25) is 0 Å². The van der Waals surface area contributed by atoms with Crippen molar-refractivity contribution in [3.63, 3.8) is 0 Å². The third-order valence-corrected chi connectivity index (χ3v) is 3.10. The maximum Gasteiger partial charge on any atom is 0.150 e. The van der Waals surface area contributed by atoms with Gasteiger partial charge in [-0.2, -0.15) is 0 Å². The molecule has 2 aromatic rings. The third kappa shape index (κ3) is 2.39. The standard InChI is InChI=1S/C15H13ClO2/c1-10-7-13(18-2)5-6-14(10)15-8-12(16)4-3-11(15)9-17/h3-9H,1-2H3. The number of carbonyl (C=O) groups is 1. The molecule has 0 radical (unpaired) electrons. The van der Waals surface area contributed by atoms with Gasteiger partial charge >= 0.3 is 0 Å². The highest BCUT2D eigenvalue weighted by Gasteiger charge is 2.09. The zero-order valence-corrected chi connectivity index (χ0v) is 11.0. The molecule has 2 rings (SSSR count). The summed E-state index contributed by atoms with van der Waals surface area (Å²) in [5.74, 6) is 0.797. The molecule has 0 aliphatic rings. The van der Waals surface area contributed by atoms with Crippen LogP contribution in [0.15, 0.2) is 36.4 Å². The predicted octanol–water partition coefficient (Wildman–Crippen LogP) is 4.14. The van der Waals surface area contributed by atoms with Crippen molar-refractivity contribution in [3.8, 4) is 16.9 Å². The van der Waals surface area contributed by atoms with Crippen LogP contribution < -0.4 is 4.74 Å². The first kappa shape index (κ1) is 12.7. The van der Waals surface area contributed by atoms with Crippen LogP contribution in [0, 0.1) is 6.92 Å². The van der Waals surface area contributed by atoms with Crippen LogP contribution in [0.4, 0.5) is 0 Å². The first-order valence-corrected chi connectivity index (χ1v) is 5.93. The van der Waals surface area contributed by atoms with E-state index in [0.29, 0.717) is 10.6 Å². The molecular weight excluding hydrogens is 248 g/mol. The molecule has 0 saturated carbocycles. The molecule has 0 spiro atoms. The SMILES string of the molecule is COc1ccc(-c2cc(Cl)ccc2C=O)c(C)c1. The van der Waals surface area contributed by atoms with Crippen molar-refractivity contribution >= 4 is 17.9 Å². The summed E-state index contributed by atoms with van der Waals surface area (Å²) in [5, 5.41) is 0.616. The lowest BCUT2D eigenvalue weighted by atomic mass is 9.96. The summed E-state index contributed by atoms with van der Waals surface area (Å²) in [5.41, 5.74) is 3.51. The molecule has 0 atom stereocenters. The molecule has 0 amide bonds. The van der Waals surface area contributed by atoms with Crippen LogP contribution >= 0.6 is 11.6 Å². The molecule has 0 N–H and O–H groups in total. The van der Waals surface area contributed by atoms with Crippen LogP contribution in [-0.4, -0.2) is 13.4 Å². The van der Waals surface area contributed by atoms with E-state index in [2.05, 4.69) is 0 Å². The van der Waals surface area contributed by atoms with Crippen LogP contribution in [0.1, 0.15) is 15.9 Å². The summed E-state index contributed by atoms with van der Waals surface area (Å²) in [7, 11) is 1.63. The highest BCUT2D eigenvalue weighted by Crippen LogP contribution is 2.30. The minimum atomic E-state index is 0.616. The Balaban J connectivity index is 2.61. The van der Waals surface area contributed by atoms with E-state index < -0.39 is 0 Å². The number of aldehydes is 1. The quantitative estimate of drug-likeness (QED) is 0.776. The van der Waals surface area contributed by atoms with E-state index in [0.717, 1.165) is 28.7 Å². The Morgan fingerprint density at radius 3 is 2.50 bits per heavy atom. The van der Waals surface area contributed by atoms with Crippen molar-refractivity contribution in [2.24, 2.45) is 0 Å². The number of methoxy groups -OCH3 is 1. The predicted molar refractivity (Wildman–Crippen MR) is 73.6 cm³/mol. The van der Waals surface area contributed by atoms with E-state index in [9.17, 15) is 4.79 Å². The summed E-state index contributed by atoms with van der Waals surface area (Å²) in [6, 6.07) is 11.0. The summed E-state index contributed by atoms with van der Waals surface area (Å²) >= 11 is 5.99. The highest BCUT2D eigenvalue weighted by atomic mass is 35.5. The Morgan fingerprint density at radius 2 is 1.89 bits per heavy atom. The summed E-state index contributed by atoms with van der Waals surface area (Å²) in [4.78, 5) is 11.1. The van der Waals surface area contributed by atoms with E-state index in [1.807, 2.05) is 25.1 Å². The number of benzene rings is 2. The molecule has 18 heavy (non-hydrogen) atoms. The van der Waals surface area contributed by atoms with Crippen LogP contribution in [-0.2, 0) is 0 Å². The van der Waals surface area contributed by atoms with Gasteiger partial charge in [-0.15, -0.1) is 0 Å². The molecule has 0 fully saturated rings. The maximum absolute atomic E-state index is 11.1. The molecule has 0 heterocycles. The van der Waals surface area contributed by atoms with Crippen molar-refractivity contribution in [1.82, 2.24) is 0 Å². The lowest BCUT2D eigenvalue weighted by Gasteiger charge is -2.10. The fraction of sp³-hybridized carbons (Fsp3) is 0.133. The molecule has 0 aromatic heterocycles. The van der Waals surface area contributed by atoms with Gasteiger partial charge in [0.15, 0.2) is 6.29 Å². The number of rotatable bonds is 3. The second-order valence-corrected chi connectivity index (χ2v) is 4.47. The van der Waals surface area contributed by atoms with Crippen molar-refractivity contribution in [2.75, 3.05) is 7.11 Å². The van der Waals surface area contributed by atoms with Crippen molar-refractivity contribution in [1.29, 1.82) is 0 Å². The minimum absolute atomic E-state index is 0.616. The highest BCUT2D eigenvalue weighted by molar-refractivity contribution is 6.31. The van der Waals surface area contributed by atoms with Crippen LogP contribution in [0.2, 0.25) is 5.02 Å². The molecular formula is C15H13ClO2. The Morgan fingerprint density at radius 1 is 1.11 bits per heavy atom.